The predicted molar refractivity (Wildman–Crippen MR) is 116 cm³/mol. The van der Waals surface area contributed by atoms with Gasteiger partial charge in [-0.1, -0.05) is 96.8 Å². The molecule has 8 nitrogen and oxygen atoms in total. The molecule has 0 saturated carbocycles. The van der Waals surface area contributed by atoms with Crippen LogP contribution in [0.2, 0.25) is 0 Å². The van der Waals surface area contributed by atoms with E-state index in [0.717, 1.165) is 12.8 Å². The number of hydrogen-bond donors (Lipinski definition) is 6. The van der Waals surface area contributed by atoms with Gasteiger partial charge in [0, 0.05) is 6.42 Å². The minimum Gasteiger partial charge on any atom is -0.481 e. The lowest BCUT2D eigenvalue weighted by molar-refractivity contribution is -0.137. The fourth-order valence-electron chi connectivity index (χ4n) is 2.65. The van der Waals surface area contributed by atoms with Gasteiger partial charge < -0.3 is 30.0 Å². The maximum atomic E-state index is 10.3. The highest BCUT2D eigenvalue weighted by atomic mass is 31.2. The molecule has 0 saturated heterocycles. The van der Waals surface area contributed by atoms with E-state index in [4.69, 9.17) is 34.6 Å². The minimum atomic E-state index is -4.64. The Hall–Kier alpha value is -0.500. The van der Waals surface area contributed by atoms with Crippen molar-refractivity contribution < 1.29 is 39.4 Å². The van der Waals surface area contributed by atoms with E-state index < -0.39 is 13.8 Å². The first kappa shape index (κ1) is 33.1. The van der Waals surface area contributed by atoms with Crippen LogP contribution in [0.1, 0.15) is 110 Å². The number of carboxylic acids is 1. The SMILES string of the molecule is CCCCCCCCCCCCCCCCCC(=O)O.O=P(O)(O)O.OCCO. The molecule has 0 aliphatic rings. The van der Waals surface area contributed by atoms with Crippen molar-refractivity contribution in [3.05, 3.63) is 0 Å². The van der Waals surface area contributed by atoms with Crippen LogP contribution >= 0.6 is 7.82 Å². The lowest BCUT2D eigenvalue weighted by atomic mass is 10.0. The summed E-state index contributed by atoms with van der Waals surface area (Å²) >= 11 is 0. The molecule has 0 aromatic heterocycles. The molecule has 0 heterocycles. The van der Waals surface area contributed by atoms with Gasteiger partial charge in [0.05, 0.1) is 13.2 Å². The Balaban J connectivity index is -0.000000623. The third kappa shape index (κ3) is 58.4. The molecule has 0 spiro atoms. The van der Waals surface area contributed by atoms with Crippen LogP contribution in [-0.2, 0) is 9.36 Å². The lowest BCUT2D eigenvalue weighted by Crippen LogP contribution is -1.93. The molecule has 9 heteroatoms. The third-order valence-corrected chi connectivity index (χ3v) is 4.09. The molecule has 6 N–H and O–H groups in total. The zero-order valence-corrected chi connectivity index (χ0v) is 19.1. The highest BCUT2D eigenvalue weighted by molar-refractivity contribution is 7.45. The van der Waals surface area contributed by atoms with Crippen LogP contribution in [-0.4, -0.2) is 49.2 Å². The topological polar surface area (TPSA) is 156 Å². The summed E-state index contributed by atoms with van der Waals surface area (Å²) in [7, 11) is -4.64. The summed E-state index contributed by atoms with van der Waals surface area (Å²) in [5.74, 6) is -0.653. The number of carbonyl (C=O) groups is 1. The molecule has 0 aliphatic heterocycles. The van der Waals surface area contributed by atoms with Gasteiger partial charge >= 0.3 is 13.8 Å². The van der Waals surface area contributed by atoms with Crippen molar-refractivity contribution in [3.8, 4) is 0 Å². The summed E-state index contributed by atoms with van der Waals surface area (Å²) in [5, 5.41) is 23.8. The molecular weight excluding hydrogens is 399 g/mol. The summed E-state index contributed by atoms with van der Waals surface area (Å²) < 4.78 is 8.88. The van der Waals surface area contributed by atoms with E-state index >= 15 is 0 Å². The maximum Gasteiger partial charge on any atom is 0.466 e. The molecule has 0 aliphatic carbocycles. The molecule has 178 valence electrons. The van der Waals surface area contributed by atoms with E-state index in [1.165, 1.54) is 83.5 Å². The molecule has 0 rings (SSSR count). The van der Waals surface area contributed by atoms with Gasteiger partial charge in [0.25, 0.3) is 0 Å². The van der Waals surface area contributed by atoms with E-state index in [1.54, 1.807) is 0 Å². The molecule has 0 bridgehead atoms. The van der Waals surface area contributed by atoms with Crippen LogP contribution in [0.15, 0.2) is 0 Å². The van der Waals surface area contributed by atoms with Crippen LogP contribution in [0, 0.1) is 0 Å². The summed E-state index contributed by atoms with van der Waals surface area (Å²) in [6.07, 6.45) is 20.2. The Labute approximate surface area is 176 Å². The van der Waals surface area contributed by atoms with Crippen LogP contribution in [0.25, 0.3) is 0 Å². The maximum absolute atomic E-state index is 10.3. The molecule has 0 unspecified atom stereocenters. The minimum absolute atomic E-state index is 0.125. The first-order valence-electron chi connectivity index (χ1n) is 10.9. The van der Waals surface area contributed by atoms with Crippen molar-refractivity contribution in [2.24, 2.45) is 0 Å². The van der Waals surface area contributed by atoms with Gasteiger partial charge in [0.2, 0.25) is 0 Å². The smallest absolute Gasteiger partial charge is 0.466 e. The average Bonchev–Trinajstić information content (AvgIpc) is 2.63. The van der Waals surface area contributed by atoms with Gasteiger partial charge in [-0.3, -0.25) is 4.79 Å². The second-order valence-corrected chi connectivity index (χ2v) is 8.08. The Bertz CT molecular complexity index is 350. The number of unbranched alkanes of at least 4 members (excludes halogenated alkanes) is 14. The third-order valence-electron chi connectivity index (χ3n) is 4.09. The normalized spacial score (nSPS) is 10.6. The number of aliphatic hydroxyl groups is 2. The molecule has 0 aromatic rings. The number of hydrogen-bond acceptors (Lipinski definition) is 4. The fourth-order valence-corrected chi connectivity index (χ4v) is 2.65. The van der Waals surface area contributed by atoms with E-state index in [1.807, 2.05) is 0 Å². The quantitative estimate of drug-likeness (QED) is 0.143. The number of carboxylic acid groups (broad SMARTS) is 1. The van der Waals surface area contributed by atoms with Gasteiger partial charge in [-0.05, 0) is 6.42 Å². The second kappa shape index (κ2) is 27.5. The van der Waals surface area contributed by atoms with E-state index in [9.17, 15) is 4.79 Å². The number of phosphoric acid groups is 1. The molecule has 0 aromatic carbocycles. The van der Waals surface area contributed by atoms with E-state index in [-0.39, 0.29) is 13.2 Å². The van der Waals surface area contributed by atoms with Crippen LogP contribution in [0.3, 0.4) is 0 Å². The molecule has 0 radical (unpaired) electrons. The Morgan fingerprint density at radius 3 is 1.07 bits per heavy atom. The van der Waals surface area contributed by atoms with Gasteiger partial charge in [-0.25, -0.2) is 4.57 Å². The van der Waals surface area contributed by atoms with Gasteiger partial charge in [0.1, 0.15) is 0 Å². The first-order chi connectivity index (χ1) is 13.7. The van der Waals surface area contributed by atoms with Crippen LogP contribution < -0.4 is 0 Å². The van der Waals surface area contributed by atoms with E-state index in [0.29, 0.717) is 6.42 Å². The number of aliphatic hydroxyl groups excluding tert-OH is 2. The molecule has 0 fully saturated rings. The Morgan fingerprint density at radius 2 is 0.862 bits per heavy atom. The highest BCUT2D eigenvalue weighted by Crippen LogP contribution is 2.25. The highest BCUT2D eigenvalue weighted by Gasteiger charge is 2.00. The van der Waals surface area contributed by atoms with Crippen molar-refractivity contribution in [2.45, 2.75) is 110 Å². The molecule has 0 atom stereocenters. The Kier molecular flexibility index (Phi) is 31.4. The fraction of sp³-hybridized carbons (Fsp3) is 0.950. The zero-order valence-electron chi connectivity index (χ0n) is 18.2. The zero-order chi connectivity index (χ0) is 22.8. The summed E-state index contributed by atoms with van der Waals surface area (Å²) in [6, 6.07) is 0. The molecule has 29 heavy (non-hydrogen) atoms. The van der Waals surface area contributed by atoms with Crippen molar-refractivity contribution in [3.63, 3.8) is 0 Å². The molecular formula is C20H45O8P. The van der Waals surface area contributed by atoms with Crippen molar-refractivity contribution in [1.29, 1.82) is 0 Å². The van der Waals surface area contributed by atoms with E-state index in [2.05, 4.69) is 6.92 Å². The number of rotatable bonds is 17. The Morgan fingerprint density at radius 1 is 0.621 bits per heavy atom. The summed E-state index contributed by atoms with van der Waals surface area (Å²) in [4.78, 5) is 31.9. The predicted octanol–water partition coefficient (Wildman–Crippen LogP) is 4.37. The van der Waals surface area contributed by atoms with Gasteiger partial charge in [-0.2, -0.15) is 0 Å². The average molecular weight is 445 g/mol. The number of aliphatic carboxylic acids is 1. The van der Waals surface area contributed by atoms with Crippen molar-refractivity contribution in [1.82, 2.24) is 0 Å². The monoisotopic (exact) mass is 444 g/mol. The lowest BCUT2D eigenvalue weighted by Gasteiger charge is -2.03. The second-order valence-electron chi connectivity index (χ2n) is 7.05. The largest absolute Gasteiger partial charge is 0.481 e. The van der Waals surface area contributed by atoms with Crippen molar-refractivity contribution in [2.75, 3.05) is 13.2 Å². The van der Waals surface area contributed by atoms with Gasteiger partial charge in [0.15, 0.2) is 0 Å². The standard InChI is InChI=1S/C18H36O2.C2H6O2.H3O4P/c1-2-3-4-5-6-7-8-9-10-11-12-13-14-15-16-17-18(19)20;3-1-2-4;1-5(2,3)4/h2-17H2,1H3,(H,19,20);3-4H,1-2H2;(H3,1,2,3,4). The van der Waals surface area contributed by atoms with Crippen molar-refractivity contribution >= 4 is 13.8 Å². The van der Waals surface area contributed by atoms with Crippen LogP contribution in [0.4, 0.5) is 0 Å². The summed E-state index contributed by atoms with van der Waals surface area (Å²) in [6.45, 7) is 2.02. The first-order valence-corrected chi connectivity index (χ1v) is 12.5. The summed E-state index contributed by atoms with van der Waals surface area (Å²) in [5.41, 5.74) is 0. The van der Waals surface area contributed by atoms with Crippen LogP contribution in [0.5, 0.6) is 0 Å². The van der Waals surface area contributed by atoms with Gasteiger partial charge in [-0.15, -0.1) is 0 Å². The molecule has 0 amide bonds.